The van der Waals surface area contributed by atoms with Crippen LogP contribution in [0.15, 0.2) is 54.6 Å². The summed E-state index contributed by atoms with van der Waals surface area (Å²) in [5, 5.41) is 3.09. The van der Waals surface area contributed by atoms with Gasteiger partial charge in [0.25, 0.3) is 5.91 Å². The highest BCUT2D eigenvalue weighted by Gasteiger charge is 2.20. The van der Waals surface area contributed by atoms with Crippen LogP contribution in [0, 0.1) is 5.92 Å². The molecule has 0 saturated carbocycles. The SMILES string of the molecule is COCCN1CCC(CNC(=O)c2ccccc2Oc2ccccc2)CC1. The van der Waals surface area contributed by atoms with Crippen LogP contribution in [0.5, 0.6) is 11.5 Å². The van der Waals surface area contributed by atoms with Crippen LogP contribution in [0.4, 0.5) is 0 Å². The summed E-state index contributed by atoms with van der Waals surface area (Å²) in [6.45, 7) is 4.60. The molecule has 27 heavy (non-hydrogen) atoms. The van der Waals surface area contributed by atoms with Crippen LogP contribution < -0.4 is 10.1 Å². The Morgan fingerprint density at radius 2 is 1.78 bits per heavy atom. The van der Waals surface area contributed by atoms with Crippen molar-refractivity contribution in [3.05, 3.63) is 60.2 Å². The van der Waals surface area contributed by atoms with Crippen molar-refractivity contribution < 1.29 is 14.3 Å². The van der Waals surface area contributed by atoms with Crippen LogP contribution in [0.2, 0.25) is 0 Å². The number of benzene rings is 2. The van der Waals surface area contributed by atoms with Crippen LogP contribution in [-0.4, -0.2) is 50.7 Å². The van der Waals surface area contributed by atoms with E-state index in [-0.39, 0.29) is 5.91 Å². The molecule has 0 unspecified atom stereocenters. The van der Waals surface area contributed by atoms with Gasteiger partial charge in [0, 0.05) is 20.2 Å². The zero-order chi connectivity index (χ0) is 18.9. The van der Waals surface area contributed by atoms with E-state index in [0.29, 0.717) is 23.8 Å². The maximum absolute atomic E-state index is 12.7. The number of rotatable bonds is 8. The molecule has 0 spiro atoms. The van der Waals surface area contributed by atoms with E-state index in [1.807, 2.05) is 48.5 Å². The molecule has 1 aliphatic heterocycles. The van der Waals surface area contributed by atoms with Crippen LogP contribution in [0.25, 0.3) is 0 Å². The molecule has 0 atom stereocenters. The van der Waals surface area contributed by atoms with Crippen molar-refractivity contribution in [2.45, 2.75) is 12.8 Å². The largest absolute Gasteiger partial charge is 0.457 e. The molecule has 0 aromatic heterocycles. The summed E-state index contributed by atoms with van der Waals surface area (Å²) in [6, 6.07) is 16.9. The molecule has 5 heteroatoms. The van der Waals surface area contributed by atoms with Crippen molar-refractivity contribution in [3.8, 4) is 11.5 Å². The zero-order valence-corrected chi connectivity index (χ0v) is 15.9. The first-order chi connectivity index (χ1) is 13.3. The molecule has 1 heterocycles. The van der Waals surface area contributed by atoms with Crippen LogP contribution in [-0.2, 0) is 4.74 Å². The molecule has 1 amide bonds. The Labute approximate surface area is 161 Å². The van der Waals surface area contributed by atoms with Gasteiger partial charge < -0.3 is 19.7 Å². The van der Waals surface area contributed by atoms with Gasteiger partial charge in [-0.1, -0.05) is 30.3 Å². The normalized spacial score (nSPS) is 15.4. The molecular formula is C22H28N2O3. The number of hydrogen-bond donors (Lipinski definition) is 1. The van der Waals surface area contributed by atoms with E-state index >= 15 is 0 Å². The number of nitrogens with zero attached hydrogens (tertiary/aromatic N) is 1. The highest BCUT2D eigenvalue weighted by molar-refractivity contribution is 5.97. The minimum atomic E-state index is -0.0802. The second kappa shape index (κ2) is 10.1. The number of para-hydroxylation sites is 2. The Morgan fingerprint density at radius 3 is 2.52 bits per heavy atom. The van der Waals surface area contributed by atoms with Crippen LogP contribution >= 0.6 is 0 Å². The van der Waals surface area contributed by atoms with Crippen molar-refractivity contribution in [1.29, 1.82) is 0 Å². The van der Waals surface area contributed by atoms with Crippen molar-refractivity contribution in [2.24, 2.45) is 5.92 Å². The number of methoxy groups -OCH3 is 1. The topological polar surface area (TPSA) is 50.8 Å². The van der Waals surface area contributed by atoms with E-state index in [9.17, 15) is 4.79 Å². The monoisotopic (exact) mass is 368 g/mol. The van der Waals surface area contributed by atoms with Gasteiger partial charge in [0.05, 0.1) is 12.2 Å². The summed E-state index contributed by atoms with van der Waals surface area (Å²) in [7, 11) is 1.74. The first-order valence-corrected chi connectivity index (χ1v) is 9.57. The second-order valence-corrected chi connectivity index (χ2v) is 6.90. The maximum atomic E-state index is 12.7. The number of piperidine rings is 1. The number of nitrogens with one attached hydrogen (secondary N) is 1. The molecule has 3 rings (SSSR count). The third kappa shape index (κ3) is 5.81. The Balaban J connectivity index is 1.52. The summed E-state index contributed by atoms with van der Waals surface area (Å²) in [6.07, 6.45) is 2.21. The van der Waals surface area contributed by atoms with Gasteiger partial charge in [-0.25, -0.2) is 0 Å². The van der Waals surface area contributed by atoms with E-state index in [4.69, 9.17) is 9.47 Å². The Hall–Kier alpha value is -2.37. The quantitative estimate of drug-likeness (QED) is 0.774. The lowest BCUT2D eigenvalue weighted by molar-refractivity contribution is 0.0924. The highest BCUT2D eigenvalue weighted by atomic mass is 16.5. The van der Waals surface area contributed by atoms with Crippen LogP contribution in [0.1, 0.15) is 23.2 Å². The van der Waals surface area contributed by atoms with Gasteiger partial charge in [-0.05, 0) is 56.1 Å². The predicted molar refractivity (Wildman–Crippen MR) is 106 cm³/mol. The number of carbonyl (C=O) groups is 1. The Morgan fingerprint density at radius 1 is 1.07 bits per heavy atom. The van der Waals surface area contributed by atoms with E-state index < -0.39 is 0 Å². The fourth-order valence-corrected chi connectivity index (χ4v) is 3.33. The Kier molecular flexibility index (Phi) is 7.25. The average molecular weight is 368 g/mol. The molecule has 1 fully saturated rings. The molecule has 1 N–H and O–H groups in total. The van der Waals surface area contributed by atoms with E-state index in [1.54, 1.807) is 13.2 Å². The summed E-state index contributed by atoms with van der Waals surface area (Å²) in [5.74, 6) is 1.75. The Bertz CT molecular complexity index is 713. The number of amides is 1. The molecule has 2 aromatic carbocycles. The third-order valence-electron chi connectivity index (χ3n) is 4.97. The summed E-state index contributed by atoms with van der Waals surface area (Å²) in [4.78, 5) is 15.1. The number of ether oxygens (including phenoxy) is 2. The molecule has 0 radical (unpaired) electrons. The summed E-state index contributed by atoms with van der Waals surface area (Å²) >= 11 is 0. The third-order valence-corrected chi connectivity index (χ3v) is 4.97. The first-order valence-electron chi connectivity index (χ1n) is 9.57. The molecule has 0 bridgehead atoms. The number of carbonyl (C=O) groups excluding carboxylic acids is 1. The van der Waals surface area contributed by atoms with Gasteiger partial charge in [-0.3, -0.25) is 4.79 Å². The molecule has 2 aromatic rings. The average Bonchev–Trinajstić information content (AvgIpc) is 2.72. The van der Waals surface area contributed by atoms with E-state index in [1.165, 1.54) is 0 Å². The van der Waals surface area contributed by atoms with Crippen molar-refractivity contribution in [1.82, 2.24) is 10.2 Å². The second-order valence-electron chi connectivity index (χ2n) is 6.90. The van der Waals surface area contributed by atoms with E-state index in [2.05, 4.69) is 10.2 Å². The van der Waals surface area contributed by atoms with Crippen LogP contribution in [0.3, 0.4) is 0 Å². The van der Waals surface area contributed by atoms with Gasteiger partial charge >= 0.3 is 0 Å². The van der Waals surface area contributed by atoms with Gasteiger partial charge in [-0.15, -0.1) is 0 Å². The molecular weight excluding hydrogens is 340 g/mol. The number of likely N-dealkylation sites (tertiary alicyclic amines) is 1. The van der Waals surface area contributed by atoms with Crippen molar-refractivity contribution in [2.75, 3.05) is 39.9 Å². The van der Waals surface area contributed by atoms with Gasteiger partial charge in [-0.2, -0.15) is 0 Å². The summed E-state index contributed by atoms with van der Waals surface area (Å²) < 4.78 is 11.0. The van der Waals surface area contributed by atoms with Crippen molar-refractivity contribution in [3.63, 3.8) is 0 Å². The van der Waals surface area contributed by atoms with Gasteiger partial charge in [0.15, 0.2) is 0 Å². The minimum absolute atomic E-state index is 0.0802. The molecule has 0 aliphatic carbocycles. The fourth-order valence-electron chi connectivity index (χ4n) is 3.33. The maximum Gasteiger partial charge on any atom is 0.255 e. The standard InChI is InChI=1S/C22H28N2O3/c1-26-16-15-24-13-11-18(12-14-24)17-23-22(25)20-9-5-6-10-21(20)27-19-7-3-2-4-8-19/h2-10,18H,11-17H2,1H3,(H,23,25). The molecule has 1 aliphatic rings. The van der Waals surface area contributed by atoms with E-state index in [0.717, 1.165) is 44.8 Å². The fraction of sp³-hybridized carbons (Fsp3) is 0.409. The molecule has 5 nitrogen and oxygen atoms in total. The lowest BCUT2D eigenvalue weighted by Gasteiger charge is -2.31. The summed E-state index contributed by atoms with van der Waals surface area (Å²) in [5.41, 5.74) is 0.568. The highest BCUT2D eigenvalue weighted by Crippen LogP contribution is 2.25. The predicted octanol–water partition coefficient (Wildman–Crippen LogP) is 3.57. The van der Waals surface area contributed by atoms with Gasteiger partial charge in [0.1, 0.15) is 11.5 Å². The first kappa shape index (κ1) is 19.4. The molecule has 144 valence electrons. The lowest BCUT2D eigenvalue weighted by atomic mass is 9.96. The zero-order valence-electron chi connectivity index (χ0n) is 15.9. The number of hydrogen-bond acceptors (Lipinski definition) is 4. The lowest BCUT2D eigenvalue weighted by Crippen LogP contribution is -2.39. The molecule has 1 saturated heterocycles. The van der Waals surface area contributed by atoms with Gasteiger partial charge in [0.2, 0.25) is 0 Å². The van der Waals surface area contributed by atoms with Crippen molar-refractivity contribution >= 4 is 5.91 Å². The minimum Gasteiger partial charge on any atom is -0.457 e. The smallest absolute Gasteiger partial charge is 0.255 e.